The highest BCUT2D eigenvalue weighted by Crippen LogP contribution is 2.40. The highest BCUT2D eigenvalue weighted by Gasteiger charge is 2.45. The van der Waals surface area contributed by atoms with Gasteiger partial charge in [0.25, 0.3) is 11.7 Å². The van der Waals surface area contributed by atoms with E-state index < -0.39 is 17.7 Å². The topological polar surface area (TPSA) is 76.1 Å². The number of rotatable bonds is 10. The van der Waals surface area contributed by atoms with Gasteiger partial charge < -0.3 is 19.5 Å². The van der Waals surface area contributed by atoms with Crippen molar-refractivity contribution < 1.29 is 24.2 Å². The summed E-state index contributed by atoms with van der Waals surface area (Å²) in [5.41, 5.74) is 3.33. The van der Waals surface area contributed by atoms with E-state index in [2.05, 4.69) is 0 Å². The van der Waals surface area contributed by atoms with Gasteiger partial charge in [0.05, 0.1) is 18.2 Å². The number of likely N-dealkylation sites (tertiary alicyclic amines) is 1. The first-order valence-electron chi connectivity index (χ1n) is 13.4. The lowest BCUT2D eigenvalue weighted by Gasteiger charge is -2.25. The van der Waals surface area contributed by atoms with Crippen LogP contribution in [0.4, 0.5) is 0 Å². The molecule has 6 heteroatoms. The van der Waals surface area contributed by atoms with E-state index in [1.165, 1.54) is 0 Å². The summed E-state index contributed by atoms with van der Waals surface area (Å²) in [5.74, 6) is -0.213. The zero-order chi connectivity index (χ0) is 27.9. The van der Waals surface area contributed by atoms with Crippen LogP contribution in [0.1, 0.15) is 35.2 Å². The summed E-state index contributed by atoms with van der Waals surface area (Å²) in [6.45, 7) is 3.16. The number of aliphatic hydroxyl groups is 1. The number of carbonyl (C=O) groups is 2. The molecule has 4 aromatic rings. The van der Waals surface area contributed by atoms with E-state index in [9.17, 15) is 14.7 Å². The fourth-order valence-corrected chi connectivity index (χ4v) is 4.87. The molecule has 0 radical (unpaired) electrons. The Morgan fingerprint density at radius 2 is 1.32 bits per heavy atom. The summed E-state index contributed by atoms with van der Waals surface area (Å²) in [6.07, 6.45) is 0.575. The third-order valence-electron chi connectivity index (χ3n) is 6.91. The Labute approximate surface area is 234 Å². The van der Waals surface area contributed by atoms with E-state index in [0.29, 0.717) is 48.8 Å². The lowest BCUT2D eigenvalue weighted by Crippen LogP contribution is -2.31. The lowest BCUT2D eigenvalue weighted by molar-refractivity contribution is -0.139. The molecule has 1 N–H and O–H groups in total. The maximum absolute atomic E-state index is 13.4. The molecule has 0 unspecified atom stereocenters. The number of Topliss-reactive ketones (excluding diaryl/α,β-unsaturated/α-hetero) is 1. The minimum atomic E-state index is -0.738. The molecule has 0 aromatic heterocycles. The number of carbonyl (C=O) groups excluding carboxylic acids is 2. The van der Waals surface area contributed by atoms with Crippen molar-refractivity contribution in [3.8, 4) is 11.5 Å². The van der Waals surface area contributed by atoms with E-state index >= 15 is 0 Å². The molecule has 1 aliphatic heterocycles. The highest BCUT2D eigenvalue weighted by atomic mass is 16.5. The second-order valence-corrected chi connectivity index (χ2v) is 9.53. The van der Waals surface area contributed by atoms with Gasteiger partial charge in [-0.05, 0) is 66.4 Å². The summed E-state index contributed by atoms with van der Waals surface area (Å²) in [4.78, 5) is 28.2. The molecule has 1 amide bonds. The van der Waals surface area contributed by atoms with E-state index in [1.54, 1.807) is 29.2 Å². The fourth-order valence-electron chi connectivity index (χ4n) is 4.87. The van der Waals surface area contributed by atoms with Crippen molar-refractivity contribution >= 4 is 17.4 Å². The van der Waals surface area contributed by atoms with Gasteiger partial charge >= 0.3 is 0 Å². The standard InChI is InChI=1S/C34H31NO5/c1-2-39-28-19-15-27(16-20-28)32(36)30-31(35(34(38)33(30)37)22-21-24-9-5-3-6-10-24)26-13-17-29(18-14-26)40-23-25-11-7-4-8-12-25/h3-20,31,36H,2,21-23H2,1H3/t31-/m0/s1. The number of hydrogen-bond donors (Lipinski definition) is 1. The normalized spacial score (nSPS) is 16.2. The predicted molar refractivity (Wildman–Crippen MR) is 154 cm³/mol. The Morgan fingerprint density at radius 1 is 0.750 bits per heavy atom. The summed E-state index contributed by atoms with van der Waals surface area (Å²) in [6, 6.07) is 33.1. The van der Waals surface area contributed by atoms with E-state index in [1.807, 2.05) is 91.9 Å². The number of nitrogens with zero attached hydrogens (tertiary/aromatic N) is 1. The van der Waals surface area contributed by atoms with Crippen molar-refractivity contribution in [2.45, 2.75) is 26.0 Å². The minimum absolute atomic E-state index is 0.0696. The van der Waals surface area contributed by atoms with Crippen LogP contribution in [0.15, 0.2) is 115 Å². The number of aliphatic hydroxyl groups excluding tert-OH is 1. The highest BCUT2D eigenvalue weighted by molar-refractivity contribution is 6.46. The van der Waals surface area contributed by atoms with E-state index in [-0.39, 0.29) is 11.3 Å². The molecule has 202 valence electrons. The fraction of sp³-hybridized carbons (Fsp3) is 0.176. The summed E-state index contributed by atoms with van der Waals surface area (Å²) in [7, 11) is 0. The zero-order valence-corrected chi connectivity index (χ0v) is 22.3. The molecule has 6 nitrogen and oxygen atoms in total. The summed E-state index contributed by atoms with van der Waals surface area (Å²) in [5, 5.41) is 11.3. The summed E-state index contributed by atoms with van der Waals surface area (Å²) >= 11 is 0. The number of amides is 1. The van der Waals surface area contributed by atoms with Crippen LogP contribution in [0.2, 0.25) is 0 Å². The second-order valence-electron chi connectivity index (χ2n) is 9.53. The van der Waals surface area contributed by atoms with Gasteiger partial charge in [-0.3, -0.25) is 9.59 Å². The molecule has 0 saturated carbocycles. The molecule has 1 fully saturated rings. The van der Waals surface area contributed by atoms with Gasteiger partial charge in [0.2, 0.25) is 0 Å². The molecule has 5 rings (SSSR count). The van der Waals surface area contributed by atoms with Crippen LogP contribution in [0.25, 0.3) is 5.76 Å². The third-order valence-corrected chi connectivity index (χ3v) is 6.91. The van der Waals surface area contributed by atoms with Crippen LogP contribution in [0, 0.1) is 0 Å². The second kappa shape index (κ2) is 12.3. The van der Waals surface area contributed by atoms with Crippen molar-refractivity contribution in [1.82, 2.24) is 4.90 Å². The van der Waals surface area contributed by atoms with Gasteiger partial charge in [0, 0.05) is 12.1 Å². The van der Waals surface area contributed by atoms with Crippen molar-refractivity contribution in [3.63, 3.8) is 0 Å². The van der Waals surface area contributed by atoms with Crippen LogP contribution in [0.5, 0.6) is 11.5 Å². The van der Waals surface area contributed by atoms with Crippen LogP contribution in [-0.4, -0.2) is 34.8 Å². The molecular weight excluding hydrogens is 502 g/mol. The Morgan fingerprint density at radius 3 is 1.95 bits per heavy atom. The maximum Gasteiger partial charge on any atom is 0.295 e. The van der Waals surface area contributed by atoms with Crippen LogP contribution < -0.4 is 9.47 Å². The Hall–Kier alpha value is -4.84. The molecular formula is C34H31NO5. The first-order chi connectivity index (χ1) is 19.5. The van der Waals surface area contributed by atoms with E-state index in [0.717, 1.165) is 11.1 Å². The van der Waals surface area contributed by atoms with Gasteiger partial charge in [0.1, 0.15) is 23.9 Å². The predicted octanol–water partition coefficient (Wildman–Crippen LogP) is 6.33. The van der Waals surface area contributed by atoms with Crippen molar-refractivity contribution in [2.24, 2.45) is 0 Å². The van der Waals surface area contributed by atoms with Gasteiger partial charge in [-0.25, -0.2) is 0 Å². The molecule has 0 bridgehead atoms. The van der Waals surface area contributed by atoms with Crippen molar-refractivity contribution in [1.29, 1.82) is 0 Å². The smallest absolute Gasteiger partial charge is 0.295 e. The number of benzene rings is 4. The summed E-state index contributed by atoms with van der Waals surface area (Å²) < 4.78 is 11.4. The Bertz CT molecular complexity index is 1480. The van der Waals surface area contributed by atoms with Gasteiger partial charge in [0.15, 0.2) is 0 Å². The van der Waals surface area contributed by atoms with Crippen LogP contribution in [0.3, 0.4) is 0 Å². The molecule has 40 heavy (non-hydrogen) atoms. The molecule has 0 aliphatic carbocycles. The van der Waals surface area contributed by atoms with Gasteiger partial charge in [-0.15, -0.1) is 0 Å². The number of hydrogen-bond acceptors (Lipinski definition) is 5. The lowest BCUT2D eigenvalue weighted by atomic mass is 9.95. The first kappa shape index (κ1) is 26.8. The van der Waals surface area contributed by atoms with Crippen LogP contribution in [-0.2, 0) is 22.6 Å². The molecule has 1 heterocycles. The maximum atomic E-state index is 13.4. The average molecular weight is 534 g/mol. The monoisotopic (exact) mass is 533 g/mol. The Kier molecular flexibility index (Phi) is 8.26. The SMILES string of the molecule is CCOc1ccc(C(O)=C2C(=O)C(=O)N(CCc3ccccc3)[C@H]2c2ccc(OCc3ccccc3)cc2)cc1. The third kappa shape index (κ3) is 5.91. The number of ketones is 1. The molecule has 1 atom stereocenters. The van der Waals surface area contributed by atoms with Gasteiger partial charge in [-0.1, -0.05) is 72.8 Å². The molecule has 1 aliphatic rings. The average Bonchev–Trinajstić information content (AvgIpc) is 3.25. The van der Waals surface area contributed by atoms with Crippen LogP contribution >= 0.6 is 0 Å². The van der Waals surface area contributed by atoms with Gasteiger partial charge in [-0.2, -0.15) is 0 Å². The van der Waals surface area contributed by atoms with E-state index in [4.69, 9.17) is 9.47 Å². The largest absolute Gasteiger partial charge is 0.507 e. The Balaban J connectivity index is 1.47. The number of ether oxygens (including phenoxy) is 2. The quantitative estimate of drug-likeness (QED) is 0.147. The zero-order valence-electron chi connectivity index (χ0n) is 22.3. The molecule has 0 spiro atoms. The molecule has 4 aromatic carbocycles. The van der Waals surface area contributed by atoms with Crippen molar-refractivity contribution in [2.75, 3.05) is 13.2 Å². The van der Waals surface area contributed by atoms with Crippen molar-refractivity contribution in [3.05, 3.63) is 137 Å². The minimum Gasteiger partial charge on any atom is -0.507 e. The first-order valence-corrected chi connectivity index (χ1v) is 13.4. The molecule has 1 saturated heterocycles.